The molecule has 2 atom stereocenters. The molecule has 150 valence electrons. The van der Waals surface area contributed by atoms with E-state index < -0.39 is 29.7 Å². The molecule has 3 aromatic rings. The number of hydrogen-bond donors (Lipinski definition) is 2. The van der Waals surface area contributed by atoms with Gasteiger partial charge in [-0.3, -0.25) is 9.59 Å². The average Bonchev–Trinajstić information content (AvgIpc) is 3.05. The number of hydrazine groups is 1. The fourth-order valence-corrected chi connectivity index (χ4v) is 3.37. The molecule has 7 heteroatoms. The summed E-state index contributed by atoms with van der Waals surface area (Å²) >= 11 is 0. The summed E-state index contributed by atoms with van der Waals surface area (Å²) in [5.41, 5.74) is 4.49. The molecule has 0 aromatic heterocycles. The molecular formula is C23H18F2N3O2+. The second-order valence-corrected chi connectivity index (χ2v) is 6.88. The van der Waals surface area contributed by atoms with Crippen LogP contribution >= 0.6 is 0 Å². The second kappa shape index (κ2) is 8.24. The number of halogens is 2. The maximum Gasteiger partial charge on any atom is 0.304 e. The monoisotopic (exact) mass is 406 g/mol. The van der Waals surface area contributed by atoms with Crippen LogP contribution < -0.4 is 10.7 Å². The summed E-state index contributed by atoms with van der Waals surface area (Å²) in [5.74, 6) is -1.69. The van der Waals surface area contributed by atoms with Gasteiger partial charge < -0.3 is 5.32 Å². The summed E-state index contributed by atoms with van der Waals surface area (Å²) in [6.07, 6.45) is 1.68. The van der Waals surface area contributed by atoms with Gasteiger partial charge in [-0.15, -0.1) is 10.1 Å². The highest BCUT2D eigenvalue weighted by atomic mass is 19.1. The number of hydrazone groups is 1. The third-order valence-corrected chi connectivity index (χ3v) is 4.83. The van der Waals surface area contributed by atoms with Crippen LogP contribution in [0.2, 0.25) is 0 Å². The van der Waals surface area contributed by atoms with Crippen LogP contribution in [-0.4, -0.2) is 28.8 Å². The van der Waals surface area contributed by atoms with Crippen LogP contribution in [0.1, 0.15) is 27.5 Å². The Labute approximate surface area is 171 Å². The molecule has 1 aliphatic rings. The molecule has 0 bridgehead atoms. The summed E-state index contributed by atoms with van der Waals surface area (Å²) < 4.78 is 28.0. The van der Waals surface area contributed by atoms with E-state index in [1.165, 1.54) is 36.4 Å². The molecule has 1 aliphatic heterocycles. The van der Waals surface area contributed by atoms with Gasteiger partial charge in [0.05, 0.1) is 0 Å². The fraction of sp³-hybridized carbons (Fsp3) is 0.0870. The minimum absolute atomic E-state index is 0.247. The van der Waals surface area contributed by atoms with Crippen LogP contribution in [0.5, 0.6) is 0 Å². The molecule has 5 nitrogen and oxygen atoms in total. The third kappa shape index (κ3) is 4.10. The Kier molecular flexibility index (Phi) is 5.34. The molecule has 1 heterocycles. The van der Waals surface area contributed by atoms with E-state index in [1.807, 2.05) is 30.3 Å². The second-order valence-electron chi connectivity index (χ2n) is 6.88. The highest BCUT2D eigenvalue weighted by Crippen LogP contribution is 2.25. The van der Waals surface area contributed by atoms with Gasteiger partial charge in [-0.25, -0.2) is 8.78 Å². The Bertz CT molecular complexity index is 1100. The predicted octanol–water partition coefficient (Wildman–Crippen LogP) is 2.98. The number of carbonyl (C=O) groups is 2. The molecule has 1 saturated heterocycles. The Hall–Kier alpha value is -3.87. The van der Waals surface area contributed by atoms with E-state index in [0.29, 0.717) is 5.56 Å². The zero-order valence-electron chi connectivity index (χ0n) is 15.8. The van der Waals surface area contributed by atoms with Crippen molar-refractivity contribution in [3.05, 3.63) is 107 Å². The van der Waals surface area contributed by atoms with Crippen molar-refractivity contribution in [1.29, 1.82) is 0 Å². The van der Waals surface area contributed by atoms with Crippen LogP contribution in [-0.2, 0) is 4.79 Å². The van der Waals surface area contributed by atoms with Crippen molar-refractivity contribution in [3.8, 4) is 0 Å². The number of benzene rings is 3. The smallest absolute Gasteiger partial charge is 0.304 e. The van der Waals surface area contributed by atoms with Gasteiger partial charge in [0.25, 0.3) is 5.91 Å². The fourth-order valence-electron chi connectivity index (χ4n) is 3.37. The van der Waals surface area contributed by atoms with Gasteiger partial charge in [0.1, 0.15) is 11.6 Å². The largest absolute Gasteiger partial charge is 0.334 e. The van der Waals surface area contributed by atoms with Gasteiger partial charge in [-0.05, 0) is 48.5 Å². The van der Waals surface area contributed by atoms with Crippen LogP contribution in [0.3, 0.4) is 0 Å². The van der Waals surface area contributed by atoms with Gasteiger partial charge in [-0.1, -0.05) is 30.3 Å². The summed E-state index contributed by atoms with van der Waals surface area (Å²) in [6.45, 7) is 0. The van der Waals surface area contributed by atoms with Crippen LogP contribution in [0.15, 0.2) is 78.9 Å². The standard InChI is InChI=1S/C23H17F2N3O2/c24-18-10-6-15(7-11-18)14-28-21(16-4-2-1-3-5-16)20(23(30)27-28)26-22(29)17-8-12-19(25)13-9-17/h1-14,20-21H,(H-,26,27,29,30)/p+1/b28-14-/t20-,21-/m0/s1. The number of hydrogen-bond acceptors (Lipinski definition) is 2. The lowest BCUT2D eigenvalue weighted by Gasteiger charge is -2.14. The van der Waals surface area contributed by atoms with Gasteiger partial charge in [0.2, 0.25) is 12.3 Å². The molecule has 0 unspecified atom stereocenters. The number of nitrogens with one attached hydrogen (secondary N) is 2. The van der Waals surface area contributed by atoms with Crippen molar-refractivity contribution in [2.45, 2.75) is 12.1 Å². The Balaban J connectivity index is 1.68. The topological polar surface area (TPSA) is 61.2 Å². The lowest BCUT2D eigenvalue weighted by atomic mass is 10.00. The average molecular weight is 406 g/mol. The first-order valence-corrected chi connectivity index (χ1v) is 9.32. The van der Waals surface area contributed by atoms with Gasteiger partial charge in [0, 0.05) is 16.7 Å². The van der Waals surface area contributed by atoms with E-state index in [2.05, 4.69) is 10.7 Å². The first kappa shape index (κ1) is 19.4. The number of carbonyl (C=O) groups excluding carboxylic acids is 2. The number of amides is 2. The molecule has 0 spiro atoms. The van der Waals surface area contributed by atoms with E-state index in [0.717, 1.165) is 5.56 Å². The normalized spacial score (nSPS) is 19.5. The SMILES string of the molecule is O=C(N[C@@H]1C(=O)N/[N+](=C\c2ccc(F)cc2)[C@H]1c1ccccc1)c1ccc(F)cc1. The molecule has 2 N–H and O–H groups in total. The van der Waals surface area contributed by atoms with E-state index >= 15 is 0 Å². The van der Waals surface area contributed by atoms with Crippen molar-refractivity contribution in [1.82, 2.24) is 10.7 Å². The molecule has 0 aliphatic carbocycles. The summed E-state index contributed by atoms with van der Waals surface area (Å²) in [4.78, 5) is 25.4. The molecule has 2 amide bonds. The molecule has 0 radical (unpaired) electrons. The summed E-state index contributed by atoms with van der Waals surface area (Å²) in [5, 5.41) is 2.74. The minimum Gasteiger partial charge on any atom is -0.334 e. The first-order valence-electron chi connectivity index (χ1n) is 9.32. The number of nitrogens with zero attached hydrogens (tertiary/aromatic N) is 1. The zero-order valence-corrected chi connectivity index (χ0v) is 15.8. The van der Waals surface area contributed by atoms with E-state index in [9.17, 15) is 18.4 Å². The Morgan fingerprint density at radius 1 is 0.900 bits per heavy atom. The van der Waals surface area contributed by atoms with Crippen molar-refractivity contribution < 1.29 is 23.1 Å². The van der Waals surface area contributed by atoms with Gasteiger partial charge >= 0.3 is 5.91 Å². The zero-order chi connectivity index (χ0) is 21.1. The Morgan fingerprint density at radius 3 is 2.13 bits per heavy atom. The summed E-state index contributed by atoms with van der Waals surface area (Å²) in [7, 11) is 0. The molecule has 4 rings (SSSR count). The van der Waals surface area contributed by atoms with Gasteiger partial charge in [-0.2, -0.15) is 0 Å². The van der Waals surface area contributed by atoms with Crippen molar-refractivity contribution in [2.75, 3.05) is 0 Å². The molecule has 0 saturated carbocycles. The minimum atomic E-state index is -0.887. The van der Waals surface area contributed by atoms with Crippen molar-refractivity contribution >= 4 is 18.0 Å². The number of rotatable bonds is 4. The van der Waals surface area contributed by atoms with Gasteiger partial charge in [0.15, 0.2) is 6.04 Å². The van der Waals surface area contributed by atoms with Crippen molar-refractivity contribution in [2.24, 2.45) is 0 Å². The third-order valence-electron chi connectivity index (χ3n) is 4.83. The van der Waals surface area contributed by atoms with Crippen molar-refractivity contribution in [3.63, 3.8) is 0 Å². The first-order chi connectivity index (χ1) is 14.5. The quantitative estimate of drug-likeness (QED) is 0.655. The molecule has 3 aromatic carbocycles. The predicted molar refractivity (Wildman–Crippen MR) is 107 cm³/mol. The van der Waals surface area contributed by atoms with E-state index in [-0.39, 0.29) is 11.4 Å². The van der Waals surface area contributed by atoms with Crippen LogP contribution in [0, 0.1) is 11.6 Å². The lowest BCUT2D eigenvalue weighted by molar-refractivity contribution is -0.596. The lowest BCUT2D eigenvalue weighted by Crippen LogP contribution is -2.42. The molecular weight excluding hydrogens is 388 g/mol. The highest BCUT2D eigenvalue weighted by Gasteiger charge is 2.47. The molecule has 1 fully saturated rings. The Morgan fingerprint density at radius 2 is 1.50 bits per heavy atom. The summed E-state index contributed by atoms with van der Waals surface area (Å²) in [6, 6.07) is 18.8. The van der Waals surface area contributed by atoms with Crippen LogP contribution in [0.4, 0.5) is 8.78 Å². The van der Waals surface area contributed by atoms with E-state index in [1.54, 1.807) is 23.0 Å². The highest BCUT2D eigenvalue weighted by molar-refractivity contribution is 5.98. The van der Waals surface area contributed by atoms with Crippen LogP contribution in [0.25, 0.3) is 0 Å². The molecule has 30 heavy (non-hydrogen) atoms. The maximum absolute atomic E-state index is 13.2. The van der Waals surface area contributed by atoms with E-state index in [4.69, 9.17) is 0 Å². The maximum atomic E-state index is 13.2.